The van der Waals surface area contributed by atoms with E-state index >= 15 is 0 Å². The highest BCUT2D eigenvalue weighted by Gasteiger charge is 2.24. The highest BCUT2D eigenvalue weighted by atomic mass is 35.5. The molecule has 0 fully saturated rings. The second-order valence-corrected chi connectivity index (χ2v) is 3.43. The minimum absolute atomic E-state index is 0.328. The zero-order valence-corrected chi connectivity index (χ0v) is 8.43. The largest absolute Gasteiger partial charge is 0.470 e. The highest BCUT2D eigenvalue weighted by molar-refractivity contribution is 6.31. The summed E-state index contributed by atoms with van der Waals surface area (Å²) < 4.78 is 5.32. The monoisotopic (exact) mass is 214 g/mol. The van der Waals surface area contributed by atoms with E-state index in [-0.39, 0.29) is 6.23 Å². The fourth-order valence-corrected chi connectivity index (χ4v) is 1.42. The Bertz CT molecular complexity index is 373. The first-order chi connectivity index (χ1) is 6.72. The number of halogens is 1. The Morgan fingerprint density at radius 2 is 2.50 bits per heavy atom. The summed E-state index contributed by atoms with van der Waals surface area (Å²) in [5, 5.41) is 10.5. The molecule has 2 heterocycles. The molecule has 0 saturated carbocycles. The van der Waals surface area contributed by atoms with Crippen LogP contribution in [0, 0.1) is 6.92 Å². The van der Waals surface area contributed by atoms with Crippen LogP contribution in [0.3, 0.4) is 0 Å². The second kappa shape index (κ2) is 3.51. The number of aromatic nitrogens is 2. The lowest BCUT2D eigenvalue weighted by Crippen LogP contribution is -2.20. The van der Waals surface area contributed by atoms with Gasteiger partial charge < -0.3 is 15.8 Å². The summed E-state index contributed by atoms with van der Waals surface area (Å²) in [7, 11) is 0. The van der Waals surface area contributed by atoms with Crippen LogP contribution in [-0.2, 0) is 4.74 Å². The Morgan fingerprint density at radius 1 is 1.71 bits per heavy atom. The summed E-state index contributed by atoms with van der Waals surface area (Å²) in [6.07, 6.45) is 1.26. The topological polar surface area (TPSA) is 76.0 Å². The third kappa shape index (κ3) is 1.44. The SMILES string of the molecule is Cc1[nH]nc(C2NC(CN)=CO2)c1Cl. The lowest BCUT2D eigenvalue weighted by molar-refractivity contribution is 0.150. The van der Waals surface area contributed by atoms with Gasteiger partial charge in [0.25, 0.3) is 0 Å². The first-order valence-corrected chi connectivity index (χ1v) is 4.61. The molecule has 6 heteroatoms. The van der Waals surface area contributed by atoms with Crippen LogP contribution in [0.15, 0.2) is 12.0 Å². The minimum atomic E-state index is -0.328. The predicted octanol–water partition coefficient (Wildman–Crippen LogP) is 0.790. The number of ether oxygens (including phenoxy) is 1. The maximum atomic E-state index is 6.01. The summed E-state index contributed by atoms with van der Waals surface area (Å²) in [6, 6.07) is 0. The Balaban J connectivity index is 2.16. The van der Waals surface area contributed by atoms with Crippen molar-refractivity contribution in [3.8, 4) is 0 Å². The smallest absolute Gasteiger partial charge is 0.215 e. The Hall–Kier alpha value is -1.20. The van der Waals surface area contributed by atoms with Crippen molar-refractivity contribution in [2.45, 2.75) is 13.2 Å². The van der Waals surface area contributed by atoms with Gasteiger partial charge in [-0.05, 0) is 6.92 Å². The van der Waals surface area contributed by atoms with Crippen molar-refractivity contribution in [3.05, 3.63) is 28.4 Å². The third-order valence-corrected chi connectivity index (χ3v) is 2.51. The molecule has 1 atom stereocenters. The molecule has 4 N–H and O–H groups in total. The number of nitrogens with zero attached hydrogens (tertiary/aromatic N) is 1. The lowest BCUT2D eigenvalue weighted by Gasteiger charge is -2.09. The van der Waals surface area contributed by atoms with Crippen molar-refractivity contribution < 1.29 is 4.74 Å². The summed E-state index contributed by atoms with van der Waals surface area (Å²) in [5.41, 5.74) is 7.77. The average molecular weight is 215 g/mol. The number of hydrogen-bond acceptors (Lipinski definition) is 4. The summed E-state index contributed by atoms with van der Waals surface area (Å²) >= 11 is 6.01. The highest BCUT2D eigenvalue weighted by Crippen LogP contribution is 2.27. The number of aromatic amines is 1. The molecule has 0 spiro atoms. The van der Waals surface area contributed by atoms with Crippen LogP contribution in [0.2, 0.25) is 5.02 Å². The van der Waals surface area contributed by atoms with E-state index in [0.717, 1.165) is 11.4 Å². The van der Waals surface area contributed by atoms with Crippen LogP contribution in [0.25, 0.3) is 0 Å². The Kier molecular flexibility index (Phi) is 2.35. The van der Waals surface area contributed by atoms with Gasteiger partial charge in [-0.15, -0.1) is 0 Å². The van der Waals surface area contributed by atoms with Gasteiger partial charge in [-0.2, -0.15) is 5.10 Å². The van der Waals surface area contributed by atoms with E-state index in [4.69, 9.17) is 22.1 Å². The Morgan fingerprint density at radius 3 is 3.00 bits per heavy atom. The zero-order valence-electron chi connectivity index (χ0n) is 7.67. The van der Waals surface area contributed by atoms with Crippen LogP contribution in [0.5, 0.6) is 0 Å². The van der Waals surface area contributed by atoms with E-state index in [0.29, 0.717) is 17.3 Å². The van der Waals surface area contributed by atoms with Gasteiger partial charge in [0.1, 0.15) is 12.0 Å². The van der Waals surface area contributed by atoms with Crippen molar-refractivity contribution in [1.29, 1.82) is 0 Å². The van der Waals surface area contributed by atoms with Gasteiger partial charge in [-0.1, -0.05) is 11.6 Å². The van der Waals surface area contributed by atoms with Crippen molar-refractivity contribution in [2.24, 2.45) is 5.73 Å². The number of hydrogen-bond donors (Lipinski definition) is 3. The molecule has 0 amide bonds. The molecule has 0 aromatic carbocycles. The van der Waals surface area contributed by atoms with E-state index in [1.54, 1.807) is 6.26 Å². The van der Waals surface area contributed by atoms with Crippen LogP contribution in [-0.4, -0.2) is 16.7 Å². The molecule has 0 aliphatic carbocycles. The minimum Gasteiger partial charge on any atom is -0.470 e. The van der Waals surface area contributed by atoms with Crippen molar-refractivity contribution in [2.75, 3.05) is 6.54 Å². The first-order valence-electron chi connectivity index (χ1n) is 4.24. The van der Waals surface area contributed by atoms with E-state index in [1.807, 2.05) is 6.92 Å². The fourth-order valence-electron chi connectivity index (χ4n) is 1.23. The maximum absolute atomic E-state index is 6.01. The van der Waals surface area contributed by atoms with Gasteiger partial charge in [0.05, 0.1) is 16.4 Å². The standard InChI is InChI=1S/C8H11ClN4O/c1-4-6(9)7(13-12-4)8-11-5(2-10)3-14-8/h3,8,11H,2,10H2,1H3,(H,12,13). The summed E-state index contributed by atoms with van der Waals surface area (Å²) in [6.45, 7) is 2.27. The van der Waals surface area contributed by atoms with E-state index in [9.17, 15) is 0 Å². The molecule has 0 radical (unpaired) electrons. The average Bonchev–Trinajstić information content (AvgIpc) is 2.75. The van der Waals surface area contributed by atoms with Crippen molar-refractivity contribution in [3.63, 3.8) is 0 Å². The molecular weight excluding hydrogens is 204 g/mol. The number of nitrogens with one attached hydrogen (secondary N) is 2. The predicted molar refractivity (Wildman–Crippen MR) is 52.4 cm³/mol. The summed E-state index contributed by atoms with van der Waals surface area (Å²) in [4.78, 5) is 0. The molecule has 0 bridgehead atoms. The van der Waals surface area contributed by atoms with Gasteiger partial charge in [-0.3, -0.25) is 5.10 Å². The molecular formula is C8H11ClN4O. The van der Waals surface area contributed by atoms with Crippen LogP contribution in [0.4, 0.5) is 0 Å². The van der Waals surface area contributed by atoms with Crippen LogP contribution >= 0.6 is 11.6 Å². The number of aryl methyl sites for hydroxylation is 1. The molecule has 14 heavy (non-hydrogen) atoms. The second-order valence-electron chi connectivity index (χ2n) is 3.06. The van der Waals surface area contributed by atoms with Gasteiger partial charge in [0, 0.05) is 6.54 Å². The molecule has 1 aromatic heterocycles. The summed E-state index contributed by atoms with van der Waals surface area (Å²) in [5.74, 6) is 0. The fraction of sp³-hybridized carbons (Fsp3) is 0.375. The number of H-pyrrole nitrogens is 1. The van der Waals surface area contributed by atoms with Gasteiger partial charge >= 0.3 is 0 Å². The maximum Gasteiger partial charge on any atom is 0.215 e. The van der Waals surface area contributed by atoms with Gasteiger partial charge in [0.2, 0.25) is 6.23 Å². The van der Waals surface area contributed by atoms with Crippen molar-refractivity contribution >= 4 is 11.6 Å². The quantitative estimate of drug-likeness (QED) is 0.681. The molecule has 1 aromatic rings. The lowest BCUT2D eigenvalue weighted by atomic mass is 10.3. The van der Waals surface area contributed by atoms with Crippen LogP contribution < -0.4 is 11.1 Å². The van der Waals surface area contributed by atoms with Gasteiger partial charge in [-0.25, -0.2) is 0 Å². The number of nitrogens with two attached hydrogens (primary N) is 1. The van der Waals surface area contributed by atoms with E-state index in [1.165, 1.54) is 0 Å². The van der Waals surface area contributed by atoms with Gasteiger partial charge in [0.15, 0.2) is 0 Å². The molecule has 0 saturated heterocycles. The molecule has 2 rings (SSSR count). The van der Waals surface area contributed by atoms with E-state index < -0.39 is 0 Å². The Labute approximate surface area is 86.3 Å². The van der Waals surface area contributed by atoms with Crippen molar-refractivity contribution in [1.82, 2.24) is 15.5 Å². The third-order valence-electron chi connectivity index (χ3n) is 2.03. The molecule has 76 valence electrons. The molecule has 1 aliphatic rings. The normalized spacial score (nSPS) is 20.2. The molecule has 1 unspecified atom stereocenters. The molecule has 5 nitrogen and oxygen atoms in total. The zero-order chi connectivity index (χ0) is 10.1. The van der Waals surface area contributed by atoms with E-state index in [2.05, 4.69) is 15.5 Å². The molecule has 1 aliphatic heterocycles. The van der Waals surface area contributed by atoms with Crippen LogP contribution in [0.1, 0.15) is 17.6 Å². The number of rotatable bonds is 2. The first kappa shape index (κ1) is 9.36.